The molecule has 0 fully saturated rings. The smallest absolute Gasteiger partial charge is 0.277 e. The summed E-state index contributed by atoms with van der Waals surface area (Å²) in [5.74, 6) is 0.419. The largest absolute Gasteiger partial charge is 0.483 e. The molecule has 0 heterocycles. The zero-order chi connectivity index (χ0) is 17.4. The molecular formula is C20H22N2O2. The van der Waals surface area contributed by atoms with Gasteiger partial charge in [0.2, 0.25) is 0 Å². The van der Waals surface area contributed by atoms with Crippen LogP contribution in [0.4, 0.5) is 0 Å². The highest BCUT2D eigenvalue weighted by molar-refractivity contribution is 5.97. The number of aryl methyl sites for hydroxylation is 2. The van der Waals surface area contributed by atoms with E-state index in [4.69, 9.17) is 4.74 Å². The average Bonchev–Trinajstić information content (AvgIpc) is 2.58. The first-order valence-corrected chi connectivity index (χ1v) is 7.81. The van der Waals surface area contributed by atoms with Crippen molar-refractivity contribution in [1.82, 2.24) is 5.43 Å². The Kier molecular flexibility index (Phi) is 6.32. The molecule has 0 saturated carbocycles. The molecule has 1 amide bonds. The van der Waals surface area contributed by atoms with Gasteiger partial charge >= 0.3 is 0 Å². The zero-order valence-corrected chi connectivity index (χ0v) is 14.2. The van der Waals surface area contributed by atoms with E-state index in [2.05, 4.69) is 10.5 Å². The highest BCUT2D eigenvalue weighted by atomic mass is 16.5. The van der Waals surface area contributed by atoms with Gasteiger partial charge < -0.3 is 4.74 Å². The Morgan fingerprint density at radius 3 is 2.62 bits per heavy atom. The van der Waals surface area contributed by atoms with Gasteiger partial charge in [-0.1, -0.05) is 54.1 Å². The molecule has 0 radical (unpaired) electrons. The summed E-state index contributed by atoms with van der Waals surface area (Å²) < 4.78 is 5.52. The maximum absolute atomic E-state index is 11.8. The highest BCUT2D eigenvalue weighted by Crippen LogP contribution is 2.18. The van der Waals surface area contributed by atoms with Crippen LogP contribution in [0.5, 0.6) is 5.75 Å². The van der Waals surface area contributed by atoms with Gasteiger partial charge in [0.1, 0.15) is 5.75 Å². The van der Waals surface area contributed by atoms with Crippen molar-refractivity contribution in [1.29, 1.82) is 0 Å². The minimum atomic E-state index is -0.289. The summed E-state index contributed by atoms with van der Waals surface area (Å²) in [4.78, 5) is 11.8. The zero-order valence-electron chi connectivity index (χ0n) is 14.2. The van der Waals surface area contributed by atoms with E-state index in [0.29, 0.717) is 11.5 Å². The normalized spacial score (nSPS) is 11.5. The molecule has 0 aliphatic rings. The van der Waals surface area contributed by atoms with Crippen LogP contribution in [0, 0.1) is 13.8 Å². The lowest BCUT2D eigenvalue weighted by Gasteiger charge is -2.08. The van der Waals surface area contributed by atoms with Crippen LogP contribution in [-0.4, -0.2) is 18.2 Å². The lowest BCUT2D eigenvalue weighted by molar-refractivity contribution is -0.123. The van der Waals surface area contributed by atoms with E-state index in [9.17, 15) is 4.79 Å². The van der Waals surface area contributed by atoms with E-state index < -0.39 is 0 Å². The second kappa shape index (κ2) is 8.67. The molecule has 2 aromatic carbocycles. The first kappa shape index (κ1) is 17.5. The standard InChI is InChI=1S/C20H22N2O2/c1-15-9-12-19(16(2)13-15)24-14-20(23)22-21-17(3)10-11-18-7-5-4-6-8-18/h4-13H,14H2,1-3H3,(H,22,23)/b11-10+,21-17+. The Hall–Kier alpha value is -2.88. The predicted octanol–water partition coefficient (Wildman–Crippen LogP) is 3.89. The minimum Gasteiger partial charge on any atom is -0.483 e. The Bertz CT molecular complexity index is 749. The molecule has 2 rings (SSSR count). The summed E-state index contributed by atoms with van der Waals surface area (Å²) in [6.07, 6.45) is 3.79. The van der Waals surface area contributed by atoms with Crippen molar-refractivity contribution in [2.75, 3.05) is 6.61 Å². The molecule has 1 N–H and O–H groups in total. The molecule has 4 nitrogen and oxygen atoms in total. The third kappa shape index (κ3) is 5.72. The van der Waals surface area contributed by atoms with Crippen molar-refractivity contribution in [3.8, 4) is 5.75 Å². The number of carbonyl (C=O) groups excluding carboxylic acids is 1. The van der Waals surface area contributed by atoms with Crippen LogP contribution in [-0.2, 0) is 4.79 Å². The van der Waals surface area contributed by atoms with Gasteiger partial charge in [-0.05, 0) is 44.0 Å². The number of hydrogen-bond acceptors (Lipinski definition) is 3. The van der Waals surface area contributed by atoms with Crippen LogP contribution in [0.25, 0.3) is 6.08 Å². The number of allylic oxidation sites excluding steroid dienone is 1. The van der Waals surface area contributed by atoms with E-state index in [0.717, 1.165) is 16.7 Å². The van der Waals surface area contributed by atoms with Crippen LogP contribution in [0.2, 0.25) is 0 Å². The number of benzene rings is 2. The molecule has 0 atom stereocenters. The molecule has 4 heteroatoms. The van der Waals surface area contributed by atoms with E-state index in [1.54, 1.807) is 0 Å². The SMILES string of the molecule is CC(/C=C/c1ccccc1)=N\NC(=O)COc1ccc(C)cc1C. The maximum Gasteiger partial charge on any atom is 0.277 e. The second-order valence-electron chi connectivity index (χ2n) is 5.59. The Morgan fingerprint density at radius 2 is 1.92 bits per heavy atom. The predicted molar refractivity (Wildman–Crippen MR) is 98.1 cm³/mol. The highest BCUT2D eigenvalue weighted by Gasteiger charge is 2.04. The number of nitrogens with zero attached hydrogens (tertiary/aromatic N) is 1. The summed E-state index contributed by atoms with van der Waals surface area (Å²) in [5, 5.41) is 4.04. The lowest BCUT2D eigenvalue weighted by atomic mass is 10.1. The van der Waals surface area contributed by atoms with Gasteiger partial charge in [0.25, 0.3) is 5.91 Å². The van der Waals surface area contributed by atoms with Gasteiger partial charge in [0.15, 0.2) is 6.61 Å². The summed E-state index contributed by atoms with van der Waals surface area (Å²) in [5.41, 5.74) is 6.45. The Labute approximate surface area is 142 Å². The molecule has 124 valence electrons. The van der Waals surface area contributed by atoms with E-state index in [1.165, 1.54) is 0 Å². The van der Waals surface area contributed by atoms with Gasteiger partial charge in [-0.25, -0.2) is 5.43 Å². The Morgan fingerprint density at radius 1 is 1.17 bits per heavy atom. The number of hydrogen-bond donors (Lipinski definition) is 1. The number of ether oxygens (including phenoxy) is 1. The van der Waals surface area contributed by atoms with Crippen LogP contribution >= 0.6 is 0 Å². The fraction of sp³-hybridized carbons (Fsp3) is 0.200. The molecule has 0 saturated heterocycles. The number of carbonyl (C=O) groups is 1. The molecule has 0 bridgehead atoms. The lowest BCUT2D eigenvalue weighted by Crippen LogP contribution is -2.25. The second-order valence-corrected chi connectivity index (χ2v) is 5.59. The first-order chi connectivity index (χ1) is 11.5. The molecule has 0 unspecified atom stereocenters. The fourth-order valence-electron chi connectivity index (χ4n) is 2.11. The number of amides is 1. The first-order valence-electron chi connectivity index (χ1n) is 7.81. The number of nitrogens with one attached hydrogen (secondary N) is 1. The third-order valence-corrected chi connectivity index (χ3v) is 3.36. The van der Waals surface area contributed by atoms with Gasteiger partial charge in [-0.2, -0.15) is 5.10 Å². The van der Waals surface area contributed by atoms with Crippen molar-refractivity contribution < 1.29 is 9.53 Å². The summed E-state index contributed by atoms with van der Waals surface area (Å²) in [6, 6.07) is 15.8. The maximum atomic E-state index is 11.8. The molecule has 0 aromatic heterocycles. The van der Waals surface area contributed by atoms with E-state index >= 15 is 0 Å². The molecule has 0 aliphatic carbocycles. The van der Waals surface area contributed by atoms with Crippen molar-refractivity contribution >= 4 is 17.7 Å². The summed E-state index contributed by atoms with van der Waals surface area (Å²) in [7, 11) is 0. The summed E-state index contributed by atoms with van der Waals surface area (Å²) in [6.45, 7) is 5.73. The van der Waals surface area contributed by atoms with Crippen LogP contribution in [0.1, 0.15) is 23.6 Å². The van der Waals surface area contributed by atoms with E-state index in [-0.39, 0.29) is 12.5 Å². The van der Waals surface area contributed by atoms with Gasteiger partial charge in [-0.3, -0.25) is 4.79 Å². The quantitative estimate of drug-likeness (QED) is 0.648. The molecule has 0 spiro atoms. The van der Waals surface area contributed by atoms with Gasteiger partial charge in [-0.15, -0.1) is 0 Å². The number of hydrazone groups is 1. The topological polar surface area (TPSA) is 50.7 Å². The van der Waals surface area contributed by atoms with Crippen molar-refractivity contribution in [3.63, 3.8) is 0 Å². The number of rotatable bonds is 6. The molecular weight excluding hydrogens is 300 g/mol. The van der Waals surface area contributed by atoms with Crippen molar-refractivity contribution in [2.24, 2.45) is 5.10 Å². The van der Waals surface area contributed by atoms with Crippen LogP contribution in [0.15, 0.2) is 59.7 Å². The van der Waals surface area contributed by atoms with E-state index in [1.807, 2.05) is 81.5 Å². The molecule has 0 aliphatic heterocycles. The fourth-order valence-corrected chi connectivity index (χ4v) is 2.11. The van der Waals surface area contributed by atoms with Crippen LogP contribution in [0.3, 0.4) is 0 Å². The minimum absolute atomic E-state index is 0.0664. The Balaban J connectivity index is 1.82. The van der Waals surface area contributed by atoms with Crippen molar-refractivity contribution in [3.05, 3.63) is 71.3 Å². The van der Waals surface area contributed by atoms with Gasteiger partial charge in [0, 0.05) is 0 Å². The third-order valence-electron chi connectivity index (χ3n) is 3.36. The average molecular weight is 322 g/mol. The monoisotopic (exact) mass is 322 g/mol. The van der Waals surface area contributed by atoms with Crippen LogP contribution < -0.4 is 10.2 Å². The van der Waals surface area contributed by atoms with Crippen molar-refractivity contribution in [2.45, 2.75) is 20.8 Å². The summed E-state index contributed by atoms with van der Waals surface area (Å²) >= 11 is 0. The molecule has 24 heavy (non-hydrogen) atoms. The molecule has 2 aromatic rings. The van der Waals surface area contributed by atoms with Gasteiger partial charge in [0.05, 0.1) is 5.71 Å².